The molecule has 1 fully saturated rings. The molecule has 1 atom stereocenters. The third-order valence-electron chi connectivity index (χ3n) is 2.57. The molecule has 1 heterocycles. The second-order valence-corrected chi connectivity index (χ2v) is 4.08. The molecule has 1 saturated heterocycles. The molecule has 5 nitrogen and oxygen atoms in total. The number of ether oxygens (including phenoxy) is 1. The minimum Gasteiger partial charge on any atom is -0.446 e. The molecule has 1 unspecified atom stereocenters. The lowest BCUT2D eigenvalue weighted by molar-refractivity contribution is -0.204. The zero-order valence-electron chi connectivity index (χ0n) is 9.84. The van der Waals surface area contributed by atoms with Crippen LogP contribution in [0.2, 0.25) is 0 Å². The van der Waals surface area contributed by atoms with Crippen LogP contribution in [0.1, 0.15) is 19.8 Å². The van der Waals surface area contributed by atoms with Crippen LogP contribution in [-0.2, 0) is 14.3 Å². The highest BCUT2D eigenvalue weighted by atomic mass is 19.4. The van der Waals surface area contributed by atoms with E-state index in [0.29, 0.717) is 12.8 Å². The molecule has 0 aliphatic carbocycles. The van der Waals surface area contributed by atoms with Crippen molar-refractivity contribution in [3.05, 3.63) is 0 Å². The van der Waals surface area contributed by atoms with Gasteiger partial charge in [0, 0.05) is 6.04 Å². The molecule has 1 amide bonds. The monoisotopic (exact) mass is 268 g/mol. The second-order valence-electron chi connectivity index (χ2n) is 4.08. The molecule has 104 valence electrons. The fourth-order valence-corrected chi connectivity index (χ4v) is 1.57. The van der Waals surface area contributed by atoms with Crippen LogP contribution in [0.3, 0.4) is 0 Å². The first kappa shape index (κ1) is 14.7. The predicted molar refractivity (Wildman–Crippen MR) is 55.6 cm³/mol. The van der Waals surface area contributed by atoms with Crippen molar-refractivity contribution in [2.75, 3.05) is 13.1 Å². The van der Waals surface area contributed by atoms with E-state index in [-0.39, 0.29) is 6.04 Å². The first-order valence-corrected chi connectivity index (χ1v) is 5.59. The van der Waals surface area contributed by atoms with E-state index in [9.17, 15) is 22.8 Å². The number of nitrogens with one attached hydrogen (secondary N) is 2. The van der Waals surface area contributed by atoms with Crippen LogP contribution in [0.15, 0.2) is 0 Å². The van der Waals surface area contributed by atoms with Gasteiger partial charge in [0.15, 0.2) is 6.10 Å². The maximum atomic E-state index is 11.9. The van der Waals surface area contributed by atoms with E-state index in [1.54, 1.807) is 0 Å². The number of halogens is 3. The Bertz CT molecular complexity index is 314. The van der Waals surface area contributed by atoms with Crippen LogP contribution in [0.5, 0.6) is 0 Å². The highest BCUT2D eigenvalue weighted by Crippen LogP contribution is 2.17. The van der Waals surface area contributed by atoms with E-state index >= 15 is 0 Å². The molecule has 2 N–H and O–H groups in total. The molecular formula is C10H15F3N2O3. The van der Waals surface area contributed by atoms with Gasteiger partial charge in [-0.3, -0.25) is 4.79 Å². The number of amides is 1. The van der Waals surface area contributed by atoms with Crippen molar-refractivity contribution >= 4 is 11.9 Å². The van der Waals surface area contributed by atoms with Crippen LogP contribution in [0.4, 0.5) is 13.2 Å². The second kappa shape index (κ2) is 6.03. The minimum absolute atomic E-state index is 0.0919. The van der Waals surface area contributed by atoms with Crippen LogP contribution >= 0.6 is 0 Å². The Kier molecular flexibility index (Phi) is 4.94. The Morgan fingerprint density at radius 1 is 1.33 bits per heavy atom. The molecule has 1 aliphatic rings. The van der Waals surface area contributed by atoms with Gasteiger partial charge in [-0.1, -0.05) is 0 Å². The molecule has 0 bridgehead atoms. The Balaban J connectivity index is 2.39. The zero-order chi connectivity index (χ0) is 13.8. The van der Waals surface area contributed by atoms with E-state index in [4.69, 9.17) is 0 Å². The van der Waals surface area contributed by atoms with Crippen LogP contribution < -0.4 is 10.6 Å². The Labute approximate surface area is 102 Å². The summed E-state index contributed by atoms with van der Waals surface area (Å²) in [5.74, 6) is -3.06. The maximum Gasteiger partial charge on any atom is 0.490 e. The number of alkyl halides is 3. The quantitative estimate of drug-likeness (QED) is 0.725. The number of hydrogen-bond acceptors (Lipinski definition) is 4. The Morgan fingerprint density at radius 2 is 1.89 bits per heavy atom. The van der Waals surface area contributed by atoms with E-state index in [1.165, 1.54) is 0 Å². The fraction of sp³-hybridized carbons (Fsp3) is 0.800. The van der Waals surface area contributed by atoms with Crippen molar-refractivity contribution in [3.8, 4) is 0 Å². The van der Waals surface area contributed by atoms with Crippen molar-refractivity contribution in [1.82, 2.24) is 10.6 Å². The lowest BCUT2D eigenvalue weighted by atomic mass is 10.1. The summed E-state index contributed by atoms with van der Waals surface area (Å²) in [7, 11) is 0. The highest BCUT2D eigenvalue weighted by molar-refractivity contribution is 5.85. The van der Waals surface area contributed by atoms with E-state index in [0.717, 1.165) is 20.0 Å². The smallest absolute Gasteiger partial charge is 0.446 e. The number of hydrogen-bond donors (Lipinski definition) is 2. The third-order valence-corrected chi connectivity index (χ3v) is 2.57. The normalized spacial score (nSPS) is 19.1. The van der Waals surface area contributed by atoms with Crippen molar-refractivity contribution in [2.45, 2.75) is 38.1 Å². The first-order chi connectivity index (χ1) is 8.30. The summed E-state index contributed by atoms with van der Waals surface area (Å²) in [4.78, 5) is 22.0. The van der Waals surface area contributed by atoms with E-state index in [1.807, 2.05) is 0 Å². The van der Waals surface area contributed by atoms with E-state index < -0.39 is 24.2 Å². The predicted octanol–water partition coefficient (Wildman–Crippen LogP) is 0.349. The molecule has 1 aliphatic heterocycles. The number of piperidine rings is 1. The standard InChI is InChI=1S/C10H15F3N2O3/c1-6(18-9(17)10(11,12)13)8(16)15-7-2-4-14-5-3-7/h6-7,14H,2-5H2,1H3,(H,15,16). The van der Waals surface area contributed by atoms with Gasteiger partial charge < -0.3 is 15.4 Å². The average molecular weight is 268 g/mol. The molecule has 0 aromatic rings. The molecule has 0 spiro atoms. The minimum atomic E-state index is -5.08. The third kappa shape index (κ3) is 4.52. The summed E-state index contributed by atoms with van der Waals surface area (Å²) in [6.45, 7) is 2.59. The summed E-state index contributed by atoms with van der Waals surface area (Å²) in [6, 6.07) is -0.0919. The summed E-state index contributed by atoms with van der Waals surface area (Å²) in [6.07, 6.45) is -5.13. The first-order valence-electron chi connectivity index (χ1n) is 5.59. The van der Waals surface area contributed by atoms with Gasteiger partial charge >= 0.3 is 12.1 Å². The van der Waals surface area contributed by atoms with Crippen molar-refractivity contribution < 1.29 is 27.5 Å². The Hall–Kier alpha value is -1.31. The summed E-state index contributed by atoms with van der Waals surface area (Å²) >= 11 is 0. The van der Waals surface area contributed by atoms with Crippen molar-refractivity contribution in [3.63, 3.8) is 0 Å². The SMILES string of the molecule is CC(OC(=O)C(F)(F)F)C(=O)NC1CCNCC1. The molecule has 18 heavy (non-hydrogen) atoms. The molecule has 8 heteroatoms. The zero-order valence-corrected chi connectivity index (χ0v) is 9.84. The number of carbonyl (C=O) groups is 2. The van der Waals surface area contributed by atoms with Gasteiger partial charge in [-0.25, -0.2) is 4.79 Å². The molecular weight excluding hydrogens is 253 g/mol. The topological polar surface area (TPSA) is 67.4 Å². The van der Waals surface area contributed by atoms with Gasteiger partial charge in [-0.2, -0.15) is 13.2 Å². The van der Waals surface area contributed by atoms with Gasteiger partial charge in [0.1, 0.15) is 0 Å². The van der Waals surface area contributed by atoms with Crippen LogP contribution in [0, 0.1) is 0 Å². The maximum absolute atomic E-state index is 11.9. The summed E-state index contributed by atoms with van der Waals surface area (Å²) in [5.41, 5.74) is 0. The van der Waals surface area contributed by atoms with Crippen LogP contribution in [-0.4, -0.2) is 43.3 Å². The number of rotatable bonds is 3. The molecule has 0 radical (unpaired) electrons. The molecule has 0 aromatic heterocycles. The van der Waals surface area contributed by atoms with Crippen molar-refractivity contribution in [2.24, 2.45) is 0 Å². The van der Waals surface area contributed by atoms with Crippen molar-refractivity contribution in [1.29, 1.82) is 0 Å². The summed E-state index contributed by atoms with van der Waals surface area (Å²) in [5, 5.41) is 5.64. The lowest BCUT2D eigenvalue weighted by Crippen LogP contribution is -2.47. The van der Waals surface area contributed by atoms with Gasteiger partial charge in [-0.05, 0) is 32.9 Å². The van der Waals surface area contributed by atoms with Gasteiger partial charge in [0.25, 0.3) is 5.91 Å². The number of carbonyl (C=O) groups excluding carboxylic acids is 2. The summed E-state index contributed by atoms with van der Waals surface area (Å²) < 4.78 is 39.8. The molecule has 0 aromatic carbocycles. The van der Waals surface area contributed by atoms with Gasteiger partial charge in [0.05, 0.1) is 0 Å². The highest BCUT2D eigenvalue weighted by Gasteiger charge is 2.42. The van der Waals surface area contributed by atoms with Crippen LogP contribution in [0.25, 0.3) is 0 Å². The molecule has 1 rings (SSSR count). The fourth-order valence-electron chi connectivity index (χ4n) is 1.57. The lowest BCUT2D eigenvalue weighted by Gasteiger charge is -2.25. The van der Waals surface area contributed by atoms with E-state index in [2.05, 4.69) is 15.4 Å². The van der Waals surface area contributed by atoms with Gasteiger partial charge in [-0.15, -0.1) is 0 Å². The number of esters is 1. The van der Waals surface area contributed by atoms with Gasteiger partial charge in [0.2, 0.25) is 0 Å². The molecule has 0 saturated carbocycles. The average Bonchev–Trinajstić information content (AvgIpc) is 2.28. The Morgan fingerprint density at radius 3 is 2.39 bits per heavy atom. The largest absolute Gasteiger partial charge is 0.490 e.